The molecule has 21 heavy (non-hydrogen) atoms. The van der Waals surface area contributed by atoms with Gasteiger partial charge in [-0.2, -0.15) is 0 Å². The predicted octanol–water partition coefficient (Wildman–Crippen LogP) is 3.71. The van der Waals surface area contributed by atoms with Crippen LogP contribution in [0.4, 0.5) is 5.69 Å². The van der Waals surface area contributed by atoms with E-state index in [4.69, 9.17) is 39.5 Å². The van der Waals surface area contributed by atoms with Crippen LogP contribution in [0.2, 0.25) is 5.02 Å². The quantitative estimate of drug-likeness (QED) is 0.665. The maximum atomic E-state index is 11.8. The number of anilines is 1. The summed E-state index contributed by atoms with van der Waals surface area (Å²) in [5.41, 5.74) is 0.376. The van der Waals surface area contributed by atoms with Crippen molar-refractivity contribution in [2.75, 3.05) is 11.9 Å². The molecule has 0 heterocycles. The molecule has 0 spiro atoms. The zero-order valence-corrected chi connectivity index (χ0v) is 13.8. The number of hydrogen-bond donors (Lipinski definition) is 1. The van der Waals surface area contributed by atoms with Crippen LogP contribution in [-0.2, 0) is 14.3 Å². The Morgan fingerprint density at radius 1 is 1.38 bits per heavy atom. The molecule has 1 aromatic rings. The number of ether oxygens (including phenoxy) is 1. The summed E-state index contributed by atoms with van der Waals surface area (Å²) in [6, 6.07) is 5.16. The normalized spacial score (nSPS) is 22.5. The lowest BCUT2D eigenvalue weighted by atomic mass is 10.1. The van der Waals surface area contributed by atoms with Gasteiger partial charge in [0, 0.05) is 17.1 Å². The molecule has 2 rings (SSSR count). The van der Waals surface area contributed by atoms with Crippen molar-refractivity contribution in [3.8, 4) is 0 Å². The number of carbonyl (C=O) groups is 2. The van der Waals surface area contributed by atoms with E-state index in [1.54, 1.807) is 32.0 Å². The monoisotopic (exact) mass is 349 g/mol. The summed E-state index contributed by atoms with van der Waals surface area (Å²) in [4.78, 5) is 23.6. The zero-order valence-electron chi connectivity index (χ0n) is 11.5. The molecule has 1 aromatic carbocycles. The number of halogens is 3. The maximum absolute atomic E-state index is 11.8. The van der Waals surface area contributed by atoms with Gasteiger partial charge in [0.1, 0.15) is 9.75 Å². The van der Waals surface area contributed by atoms with Crippen LogP contribution >= 0.6 is 34.8 Å². The van der Waals surface area contributed by atoms with Crippen LogP contribution in [0.15, 0.2) is 18.2 Å². The second kappa shape index (κ2) is 5.67. The molecule has 4 nitrogen and oxygen atoms in total. The highest BCUT2D eigenvalue weighted by Crippen LogP contribution is 2.64. The van der Waals surface area contributed by atoms with Crippen LogP contribution in [-0.4, -0.2) is 22.8 Å². The lowest BCUT2D eigenvalue weighted by Crippen LogP contribution is -2.27. The minimum absolute atomic E-state index is 0.316. The summed E-state index contributed by atoms with van der Waals surface area (Å²) in [5.74, 6) is -1.03. The highest BCUT2D eigenvalue weighted by molar-refractivity contribution is 6.53. The zero-order chi connectivity index (χ0) is 15.8. The van der Waals surface area contributed by atoms with E-state index in [9.17, 15) is 9.59 Å². The van der Waals surface area contributed by atoms with Gasteiger partial charge in [-0.15, -0.1) is 23.2 Å². The molecule has 0 saturated heterocycles. The molecular weight excluding hydrogens is 337 g/mol. The molecule has 0 unspecified atom stereocenters. The van der Waals surface area contributed by atoms with E-state index in [1.165, 1.54) is 0 Å². The number of amides is 1. The number of carbonyl (C=O) groups excluding carboxylic acids is 2. The molecule has 1 fully saturated rings. The fraction of sp³-hybridized carbons (Fsp3) is 0.429. The van der Waals surface area contributed by atoms with Crippen molar-refractivity contribution < 1.29 is 14.3 Å². The fourth-order valence-electron chi connectivity index (χ4n) is 1.84. The first kappa shape index (κ1) is 16.4. The summed E-state index contributed by atoms with van der Waals surface area (Å²) in [5, 5.41) is 3.18. The van der Waals surface area contributed by atoms with Crippen molar-refractivity contribution in [3.05, 3.63) is 28.8 Å². The fourth-order valence-corrected chi connectivity index (χ4v) is 2.70. The van der Waals surface area contributed by atoms with Gasteiger partial charge >= 0.3 is 5.97 Å². The van der Waals surface area contributed by atoms with Crippen molar-refractivity contribution in [1.29, 1.82) is 0 Å². The number of esters is 1. The number of benzene rings is 1. The predicted molar refractivity (Wildman–Crippen MR) is 82.9 cm³/mol. The van der Waals surface area contributed by atoms with Crippen LogP contribution in [0.1, 0.15) is 18.9 Å². The standard InChI is InChI=1S/C14H14Cl3NO3/c1-8-9(15)4-3-5-10(8)18-11(19)6-21-12(20)13(2)7-14(13,16)17/h3-5H,6-7H2,1-2H3,(H,18,19)/t13-/m0/s1. The van der Waals surface area contributed by atoms with Gasteiger partial charge < -0.3 is 10.1 Å². The molecular formula is C14H14Cl3NO3. The SMILES string of the molecule is Cc1c(Cl)cccc1NC(=O)COC(=O)[C@]1(C)CC1(Cl)Cl. The first-order chi connectivity index (χ1) is 9.67. The maximum Gasteiger partial charge on any atom is 0.315 e. The minimum Gasteiger partial charge on any atom is -0.455 e. The summed E-state index contributed by atoms with van der Waals surface area (Å²) in [6.07, 6.45) is 0.316. The van der Waals surface area contributed by atoms with Gasteiger partial charge in [0.2, 0.25) is 0 Å². The average molecular weight is 351 g/mol. The summed E-state index contributed by atoms with van der Waals surface area (Å²) < 4.78 is 3.85. The van der Waals surface area contributed by atoms with E-state index in [0.29, 0.717) is 17.1 Å². The molecule has 114 valence electrons. The number of rotatable bonds is 4. The van der Waals surface area contributed by atoms with Crippen molar-refractivity contribution in [2.45, 2.75) is 24.6 Å². The van der Waals surface area contributed by atoms with Crippen molar-refractivity contribution in [3.63, 3.8) is 0 Å². The Balaban J connectivity index is 1.89. The van der Waals surface area contributed by atoms with Crippen LogP contribution in [0.3, 0.4) is 0 Å². The molecule has 1 amide bonds. The minimum atomic E-state index is -1.11. The van der Waals surface area contributed by atoms with Gasteiger partial charge in [0.05, 0.1) is 0 Å². The van der Waals surface area contributed by atoms with E-state index in [-0.39, 0.29) is 0 Å². The molecule has 1 saturated carbocycles. The third-order valence-corrected chi connectivity index (χ3v) is 5.10. The third-order valence-electron chi connectivity index (χ3n) is 3.58. The van der Waals surface area contributed by atoms with Gasteiger partial charge in [0.15, 0.2) is 6.61 Å². The smallest absolute Gasteiger partial charge is 0.315 e. The lowest BCUT2D eigenvalue weighted by Gasteiger charge is -2.13. The summed E-state index contributed by atoms with van der Waals surface area (Å²) >= 11 is 17.7. The van der Waals surface area contributed by atoms with Crippen LogP contribution in [0.5, 0.6) is 0 Å². The van der Waals surface area contributed by atoms with Crippen molar-refractivity contribution in [1.82, 2.24) is 0 Å². The van der Waals surface area contributed by atoms with Crippen molar-refractivity contribution in [2.24, 2.45) is 5.41 Å². The lowest BCUT2D eigenvalue weighted by molar-refractivity contribution is -0.152. The summed E-state index contributed by atoms with van der Waals surface area (Å²) in [7, 11) is 0. The molecule has 1 aliphatic carbocycles. The number of hydrogen-bond acceptors (Lipinski definition) is 3. The van der Waals surface area contributed by atoms with Gasteiger partial charge in [-0.05, 0) is 31.5 Å². The van der Waals surface area contributed by atoms with Gasteiger partial charge in [0.25, 0.3) is 5.91 Å². The topological polar surface area (TPSA) is 55.4 Å². The van der Waals surface area contributed by atoms with E-state index >= 15 is 0 Å². The highest BCUT2D eigenvalue weighted by Gasteiger charge is 2.69. The van der Waals surface area contributed by atoms with E-state index in [0.717, 1.165) is 5.56 Å². The Kier molecular flexibility index (Phi) is 4.43. The second-order valence-corrected chi connectivity index (χ2v) is 7.14. The molecule has 0 bridgehead atoms. The first-order valence-electron chi connectivity index (χ1n) is 6.27. The molecule has 7 heteroatoms. The molecule has 0 aromatic heterocycles. The third kappa shape index (κ3) is 3.28. The Labute approximate surface area is 137 Å². The van der Waals surface area contributed by atoms with Gasteiger partial charge in [-0.1, -0.05) is 17.7 Å². The Morgan fingerprint density at radius 3 is 2.57 bits per heavy atom. The average Bonchev–Trinajstić information content (AvgIpc) is 2.92. The van der Waals surface area contributed by atoms with E-state index < -0.39 is 28.2 Å². The van der Waals surface area contributed by atoms with Crippen LogP contribution in [0.25, 0.3) is 0 Å². The van der Waals surface area contributed by atoms with Gasteiger partial charge in [-0.3, -0.25) is 9.59 Å². The molecule has 0 aliphatic heterocycles. The van der Waals surface area contributed by atoms with Gasteiger partial charge in [-0.25, -0.2) is 0 Å². The largest absolute Gasteiger partial charge is 0.455 e. The molecule has 0 radical (unpaired) electrons. The molecule has 1 N–H and O–H groups in total. The van der Waals surface area contributed by atoms with Crippen LogP contribution < -0.4 is 5.32 Å². The first-order valence-corrected chi connectivity index (χ1v) is 7.41. The summed E-state index contributed by atoms with van der Waals surface area (Å²) in [6.45, 7) is 2.99. The second-order valence-electron chi connectivity index (χ2n) is 5.25. The molecule has 1 atom stereocenters. The molecule has 1 aliphatic rings. The Morgan fingerprint density at radius 2 is 2.00 bits per heavy atom. The van der Waals surface area contributed by atoms with E-state index in [2.05, 4.69) is 5.32 Å². The number of nitrogens with one attached hydrogen (secondary N) is 1. The Hall–Kier alpha value is -0.970. The van der Waals surface area contributed by atoms with Crippen LogP contribution in [0, 0.1) is 12.3 Å². The Bertz CT molecular complexity index is 603. The van der Waals surface area contributed by atoms with Crippen molar-refractivity contribution >= 4 is 52.4 Å². The van der Waals surface area contributed by atoms with E-state index in [1.807, 2.05) is 0 Å². The highest BCUT2D eigenvalue weighted by atomic mass is 35.5. The number of alkyl halides is 2.